The molecule has 21 heavy (non-hydrogen) atoms. The van der Waals surface area contributed by atoms with Crippen LogP contribution in [0.2, 0.25) is 0 Å². The molecule has 0 fully saturated rings. The molecule has 1 aromatic carbocycles. The van der Waals surface area contributed by atoms with Crippen LogP contribution >= 0.6 is 0 Å². The molecule has 118 valence electrons. The Hall–Kier alpha value is -1.10. The van der Waals surface area contributed by atoms with Crippen molar-refractivity contribution in [2.24, 2.45) is 0 Å². The summed E-state index contributed by atoms with van der Waals surface area (Å²) in [6.07, 6.45) is 1.79. The Morgan fingerprint density at radius 2 is 2.14 bits per heavy atom. The number of hydrogen-bond acceptors (Lipinski definition) is 4. The van der Waals surface area contributed by atoms with Crippen molar-refractivity contribution in [1.82, 2.24) is 5.32 Å². The fourth-order valence-corrected chi connectivity index (χ4v) is 2.59. The Bertz CT molecular complexity index is 468. The summed E-state index contributed by atoms with van der Waals surface area (Å²) >= 11 is 0. The van der Waals surface area contributed by atoms with Gasteiger partial charge in [0.1, 0.15) is 18.5 Å². The lowest BCUT2D eigenvalue weighted by Gasteiger charge is -2.25. The van der Waals surface area contributed by atoms with E-state index in [4.69, 9.17) is 4.74 Å². The highest BCUT2D eigenvalue weighted by molar-refractivity contribution is 5.42. The number of hydrogen-bond donors (Lipinski definition) is 3. The maximum absolute atomic E-state index is 10.0. The third kappa shape index (κ3) is 4.70. The van der Waals surface area contributed by atoms with Crippen LogP contribution in [-0.2, 0) is 6.42 Å². The van der Waals surface area contributed by atoms with Gasteiger partial charge in [0, 0.05) is 12.1 Å². The molecule has 4 heteroatoms. The van der Waals surface area contributed by atoms with Gasteiger partial charge in [-0.15, -0.1) is 0 Å². The average Bonchev–Trinajstić information content (AvgIpc) is 2.42. The molecule has 4 nitrogen and oxygen atoms in total. The van der Waals surface area contributed by atoms with Crippen LogP contribution in [0, 0.1) is 0 Å². The van der Waals surface area contributed by atoms with E-state index in [0.717, 1.165) is 36.1 Å². The first-order chi connectivity index (χ1) is 9.87. The summed E-state index contributed by atoms with van der Waals surface area (Å²) in [5.41, 5.74) is 2.05. The van der Waals surface area contributed by atoms with E-state index in [-0.39, 0.29) is 18.2 Å². The van der Waals surface area contributed by atoms with E-state index in [1.165, 1.54) is 0 Å². The number of benzene rings is 1. The molecule has 3 N–H and O–H groups in total. The minimum Gasteiger partial charge on any atom is -0.491 e. The molecule has 0 saturated heterocycles. The molecule has 1 aliphatic rings. The number of fused-ring (bicyclic) bond motifs is 1. The third-order valence-corrected chi connectivity index (χ3v) is 3.73. The first-order valence-corrected chi connectivity index (χ1v) is 7.72. The van der Waals surface area contributed by atoms with E-state index >= 15 is 0 Å². The summed E-state index contributed by atoms with van der Waals surface area (Å²) in [4.78, 5) is 0. The van der Waals surface area contributed by atoms with Gasteiger partial charge in [-0.05, 0) is 57.2 Å². The van der Waals surface area contributed by atoms with Crippen LogP contribution in [0.4, 0.5) is 0 Å². The molecule has 0 spiro atoms. The summed E-state index contributed by atoms with van der Waals surface area (Å²) in [5.74, 6) is 0.793. The van der Waals surface area contributed by atoms with Crippen molar-refractivity contribution in [2.75, 3.05) is 13.2 Å². The molecular weight excluding hydrogens is 266 g/mol. The van der Waals surface area contributed by atoms with Gasteiger partial charge >= 0.3 is 0 Å². The number of ether oxygens (including phenoxy) is 1. The summed E-state index contributed by atoms with van der Waals surface area (Å²) in [5, 5.41) is 23.3. The zero-order valence-electron chi connectivity index (χ0n) is 13.2. The molecule has 2 atom stereocenters. The molecule has 1 aromatic rings. The van der Waals surface area contributed by atoms with E-state index < -0.39 is 6.10 Å². The number of aliphatic hydroxyl groups is 2. The van der Waals surface area contributed by atoms with E-state index in [2.05, 4.69) is 26.1 Å². The Balaban J connectivity index is 1.93. The molecule has 0 aromatic heterocycles. The maximum atomic E-state index is 10.0. The lowest BCUT2D eigenvalue weighted by molar-refractivity contribution is 0.0985. The van der Waals surface area contributed by atoms with Crippen molar-refractivity contribution in [3.05, 3.63) is 29.3 Å². The van der Waals surface area contributed by atoms with Gasteiger partial charge in [0.2, 0.25) is 0 Å². The predicted octanol–water partition coefficient (Wildman–Crippen LogP) is 2.18. The molecule has 0 saturated carbocycles. The van der Waals surface area contributed by atoms with Crippen LogP contribution in [0.1, 0.15) is 50.8 Å². The normalized spacial score (nSPS) is 20.0. The van der Waals surface area contributed by atoms with Crippen LogP contribution in [0.25, 0.3) is 0 Å². The quantitative estimate of drug-likeness (QED) is 0.779. The predicted molar refractivity (Wildman–Crippen MR) is 83.6 cm³/mol. The number of rotatable bonds is 5. The van der Waals surface area contributed by atoms with Gasteiger partial charge in [0.25, 0.3) is 0 Å². The van der Waals surface area contributed by atoms with Crippen LogP contribution in [0.5, 0.6) is 5.75 Å². The third-order valence-electron chi connectivity index (χ3n) is 3.73. The summed E-state index contributed by atoms with van der Waals surface area (Å²) in [7, 11) is 0. The van der Waals surface area contributed by atoms with E-state index in [1.54, 1.807) is 0 Å². The fourth-order valence-electron chi connectivity index (χ4n) is 2.59. The topological polar surface area (TPSA) is 61.7 Å². The second kappa shape index (κ2) is 6.77. The van der Waals surface area contributed by atoms with E-state index in [1.807, 2.05) is 18.2 Å². The van der Waals surface area contributed by atoms with Crippen molar-refractivity contribution in [2.45, 2.75) is 57.8 Å². The highest BCUT2D eigenvalue weighted by Crippen LogP contribution is 2.35. The van der Waals surface area contributed by atoms with Gasteiger partial charge in [0.15, 0.2) is 0 Å². The molecule has 2 rings (SSSR count). The van der Waals surface area contributed by atoms with E-state index in [9.17, 15) is 10.2 Å². The van der Waals surface area contributed by atoms with Gasteiger partial charge in [-0.3, -0.25) is 0 Å². The van der Waals surface area contributed by atoms with Crippen molar-refractivity contribution in [3.63, 3.8) is 0 Å². The molecule has 0 heterocycles. The minimum absolute atomic E-state index is 0.0169. The molecule has 0 bridgehead atoms. The summed E-state index contributed by atoms with van der Waals surface area (Å²) < 4.78 is 5.78. The Labute approximate surface area is 127 Å². The lowest BCUT2D eigenvalue weighted by atomic mass is 9.89. The highest BCUT2D eigenvalue weighted by atomic mass is 16.5. The van der Waals surface area contributed by atoms with Gasteiger partial charge < -0.3 is 20.3 Å². The Morgan fingerprint density at radius 3 is 2.86 bits per heavy atom. The SMILES string of the molecule is CC(C)(C)NC[C@H](O)COc1cccc2c1CCCC2O. The van der Waals surface area contributed by atoms with Crippen molar-refractivity contribution in [1.29, 1.82) is 0 Å². The highest BCUT2D eigenvalue weighted by Gasteiger charge is 2.21. The van der Waals surface area contributed by atoms with Gasteiger partial charge in [-0.25, -0.2) is 0 Å². The van der Waals surface area contributed by atoms with Crippen LogP contribution in [-0.4, -0.2) is 35.0 Å². The molecule has 0 radical (unpaired) electrons. The molecular formula is C17H27NO3. The van der Waals surface area contributed by atoms with E-state index in [0.29, 0.717) is 6.54 Å². The first kappa shape index (κ1) is 16.3. The monoisotopic (exact) mass is 293 g/mol. The zero-order valence-corrected chi connectivity index (χ0v) is 13.2. The molecule has 1 unspecified atom stereocenters. The van der Waals surface area contributed by atoms with Crippen molar-refractivity contribution in [3.8, 4) is 5.75 Å². The van der Waals surface area contributed by atoms with Gasteiger partial charge in [0.05, 0.1) is 6.10 Å². The van der Waals surface area contributed by atoms with Gasteiger partial charge in [-0.2, -0.15) is 0 Å². The number of β-amino-alcohol motifs (C(OH)–C–C–N with tert-alkyl or cyclic N) is 1. The zero-order chi connectivity index (χ0) is 15.5. The molecule has 0 aliphatic heterocycles. The standard InChI is InChI=1S/C17H27NO3/c1-17(2,3)18-10-12(19)11-21-16-9-5-6-13-14(16)7-4-8-15(13)20/h5-6,9,12,15,18-20H,4,7-8,10-11H2,1-3H3/t12-,15?/m0/s1. The second-order valence-electron chi connectivity index (χ2n) is 6.83. The molecule has 1 aliphatic carbocycles. The Kier molecular flexibility index (Phi) is 5.25. The molecule has 0 amide bonds. The maximum Gasteiger partial charge on any atom is 0.122 e. The first-order valence-electron chi connectivity index (χ1n) is 7.72. The fraction of sp³-hybridized carbons (Fsp3) is 0.647. The van der Waals surface area contributed by atoms with Crippen molar-refractivity contribution >= 4 is 0 Å². The largest absolute Gasteiger partial charge is 0.491 e. The van der Waals surface area contributed by atoms with Crippen LogP contribution in [0.15, 0.2) is 18.2 Å². The van der Waals surface area contributed by atoms with Crippen LogP contribution in [0.3, 0.4) is 0 Å². The lowest BCUT2D eigenvalue weighted by Crippen LogP contribution is -2.42. The Morgan fingerprint density at radius 1 is 1.38 bits per heavy atom. The summed E-state index contributed by atoms with van der Waals surface area (Å²) in [6.45, 7) is 6.96. The number of aliphatic hydroxyl groups excluding tert-OH is 2. The smallest absolute Gasteiger partial charge is 0.122 e. The summed E-state index contributed by atoms with van der Waals surface area (Å²) in [6, 6.07) is 5.78. The van der Waals surface area contributed by atoms with Crippen LogP contribution < -0.4 is 10.1 Å². The van der Waals surface area contributed by atoms with Crippen molar-refractivity contribution < 1.29 is 14.9 Å². The van der Waals surface area contributed by atoms with Gasteiger partial charge in [-0.1, -0.05) is 12.1 Å². The minimum atomic E-state index is -0.548. The second-order valence-corrected chi connectivity index (χ2v) is 6.83. The number of nitrogens with one attached hydrogen (secondary N) is 1. The average molecular weight is 293 g/mol.